The highest BCUT2D eigenvalue weighted by atomic mass is 35.5. The predicted octanol–water partition coefficient (Wildman–Crippen LogP) is 6.69. The van der Waals surface area contributed by atoms with Gasteiger partial charge in [-0.25, -0.2) is 8.42 Å². The summed E-state index contributed by atoms with van der Waals surface area (Å²) >= 11 is 17.9. The number of carbonyl (C=O) groups is 2. The maximum atomic E-state index is 13.8. The third kappa shape index (κ3) is 8.89. The van der Waals surface area contributed by atoms with Crippen molar-refractivity contribution in [3.63, 3.8) is 0 Å². The van der Waals surface area contributed by atoms with Crippen molar-refractivity contribution in [3.05, 3.63) is 62.6 Å². The number of benzene rings is 2. The van der Waals surface area contributed by atoms with Crippen LogP contribution in [0.5, 0.6) is 0 Å². The van der Waals surface area contributed by atoms with Crippen molar-refractivity contribution in [1.29, 1.82) is 0 Å². The van der Waals surface area contributed by atoms with Crippen molar-refractivity contribution in [2.75, 3.05) is 17.1 Å². The fourth-order valence-electron chi connectivity index (χ4n) is 4.80. The van der Waals surface area contributed by atoms with E-state index >= 15 is 0 Å². The molecule has 1 saturated carbocycles. The molecular weight excluding hydrogens is 626 g/mol. The Morgan fingerprint density at radius 2 is 1.63 bits per heavy atom. The number of rotatable bonds is 10. The first-order chi connectivity index (χ1) is 19.1. The van der Waals surface area contributed by atoms with Gasteiger partial charge in [0.1, 0.15) is 12.6 Å². The Morgan fingerprint density at radius 1 is 1.00 bits per heavy atom. The SMILES string of the molecule is CC[C@H](C(=O)NC1CCCCC1)N(Cc1ccc(Cl)c(Cl)c1)C(=O)CN(c1ccc(Cl)c(C(F)(F)F)c1)S(C)(=O)=O. The topological polar surface area (TPSA) is 86.8 Å². The van der Waals surface area contributed by atoms with Crippen LogP contribution in [0.1, 0.15) is 56.6 Å². The van der Waals surface area contributed by atoms with Crippen molar-refractivity contribution in [2.45, 2.75) is 70.3 Å². The van der Waals surface area contributed by atoms with Crippen LogP contribution in [-0.4, -0.2) is 50.0 Å². The Morgan fingerprint density at radius 3 is 2.20 bits per heavy atom. The van der Waals surface area contributed by atoms with E-state index in [-0.39, 0.29) is 29.1 Å². The highest BCUT2D eigenvalue weighted by Crippen LogP contribution is 2.37. The summed E-state index contributed by atoms with van der Waals surface area (Å²) in [6.45, 7) is 0.730. The fraction of sp³-hybridized carbons (Fsp3) is 0.481. The summed E-state index contributed by atoms with van der Waals surface area (Å²) in [5, 5.41) is 2.88. The van der Waals surface area contributed by atoms with E-state index in [0.717, 1.165) is 50.5 Å². The van der Waals surface area contributed by atoms with Crippen molar-refractivity contribution in [3.8, 4) is 0 Å². The standard InChI is InChI=1S/C27H31Cl3F3N3O4S/c1-3-24(26(38)34-18-7-5-4-6-8-18)35(15-17-9-11-22(29)23(30)13-17)25(37)16-36(41(2,39)40)19-10-12-21(28)20(14-19)27(31,32)33/h9-14,18,24H,3-8,15-16H2,1-2H3,(H,34,38)/t24-/m1/s1. The zero-order valence-electron chi connectivity index (χ0n) is 22.5. The Labute approximate surface area is 253 Å². The molecule has 0 unspecified atom stereocenters. The molecule has 41 heavy (non-hydrogen) atoms. The van der Waals surface area contributed by atoms with Gasteiger partial charge in [-0.15, -0.1) is 0 Å². The van der Waals surface area contributed by atoms with Gasteiger partial charge in [-0.1, -0.05) is 67.1 Å². The zero-order valence-corrected chi connectivity index (χ0v) is 25.6. The molecule has 14 heteroatoms. The van der Waals surface area contributed by atoms with Crippen LogP contribution in [-0.2, 0) is 32.3 Å². The molecule has 2 aromatic rings. The van der Waals surface area contributed by atoms with Gasteiger partial charge < -0.3 is 10.2 Å². The number of halogens is 6. The Kier molecular flexibility index (Phi) is 11.2. The lowest BCUT2D eigenvalue weighted by Gasteiger charge is -2.34. The lowest BCUT2D eigenvalue weighted by molar-refractivity contribution is -0.140. The predicted molar refractivity (Wildman–Crippen MR) is 155 cm³/mol. The summed E-state index contributed by atoms with van der Waals surface area (Å²) < 4.78 is 66.6. The molecule has 2 amide bonds. The van der Waals surface area contributed by atoms with Gasteiger partial charge in [0.2, 0.25) is 21.8 Å². The Bertz CT molecular complexity index is 1370. The van der Waals surface area contributed by atoms with Crippen LogP contribution in [0, 0.1) is 0 Å². The van der Waals surface area contributed by atoms with Crippen LogP contribution in [0.2, 0.25) is 15.1 Å². The minimum Gasteiger partial charge on any atom is -0.352 e. The molecular formula is C27H31Cl3F3N3O4S. The van der Waals surface area contributed by atoms with Crippen LogP contribution >= 0.6 is 34.8 Å². The van der Waals surface area contributed by atoms with E-state index in [2.05, 4.69) is 5.32 Å². The van der Waals surface area contributed by atoms with E-state index in [4.69, 9.17) is 34.8 Å². The molecule has 1 aliphatic carbocycles. The zero-order chi connectivity index (χ0) is 30.5. The van der Waals surface area contributed by atoms with Gasteiger partial charge in [0.25, 0.3) is 0 Å². The monoisotopic (exact) mass is 655 g/mol. The van der Waals surface area contributed by atoms with Gasteiger partial charge in [0.15, 0.2) is 0 Å². The maximum absolute atomic E-state index is 13.8. The highest BCUT2D eigenvalue weighted by molar-refractivity contribution is 7.92. The van der Waals surface area contributed by atoms with Gasteiger partial charge in [0, 0.05) is 12.6 Å². The van der Waals surface area contributed by atoms with E-state index in [1.54, 1.807) is 13.0 Å². The summed E-state index contributed by atoms with van der Waals surface area (Å²) in [5.74, 6) is -1.19. The van der Waals surface area contributed by atoms with Crippen LogP contribution < -0.4 is 9.62 Å². The van der Waals surface area contributed by atoms with E-state index in [0.29, 0.717) is 15.9 Å². The number of nitrogens with one attached hydrogen (secondary N) is 1. The molecule has 1 fully saturated rings. The smallest absolute Gasteiger partial charge is 0.352 e. The molecule has 0 aromatic heterocycles. The molecule has 1 aliphatic rings. The molecule has 0 aliphatic heterocycles. The molecule has 1 N–H and O–H groups in total. The number of sulfonamides is 1. The minimum absolute atomic E-state index is 0.0467. The lowest BCUT2D eigenvalue weighted by Crippen LogP contribution is -2.54. The minimum atomic E-state index is -4.86. The van der Waals surface area contributed by atoms with Crippen LogP contribution in [0.25, 0.3) is 0 Å². The summed E-state index contributed by atoms with van der Waals surface area (Å²) in [5.41, 5.74) is -1.12. The molecule has 0 bridgehead atoms. The molecule has 0 spiro atoms. The van der Waals surface area contributed by atoms with Gasteiger partial charge in [-0.05, 0) is 55.2 Å². The van der Waals surface area contributed by atoms with Crippen LogP contribution in [0.4, 0.5) is 18.9 Å². The highest BCUT2D eigenvalue weighted by Gasteiger charge is 2.36. The normalized spacial score (nSPS) is 15.3. The molecule has 0 heterocycles. The average Bonchev–Trinajstić information content (AvgIpc) is 2.88. The molecule has 3 rings (SSSR count). The number of hydrogen-bond donors (Lipinski definition) is 1. The summed E-state index contributed by atoms with van der Waals surface area (Å²) in [7, 11) is -4.25. The quantitative estimate of drug-likeness (QED) is 0.309. The molecule has 1 atom stereocenters. The van der Waals surface area contributed by atoms with Crippen LogP contribution in [0.15, 0.2) is 36.4 Å². The first-order valence-corrected chi connectivity index (χ1v) is 16.0. The third-order valence-electron chi connectivity index (χ3n) is 6.90. The summed E-state index contributed by atoms with van der Waals surface area (Å²) in [6, 6.07) is 6.21. The Balaban J connectivity index is 1.99. The first kappa shape index (κ1) is 33.3. The van der Waals surface area contributed by atoms with Crippen molar-refractivity contribution < 1.29 is 31.2 Å². The van der Waals surface area contributed by atoms with E-state index in [1.165, 1.54) is 17.0 Å². The average molecular weight is 657 g/mol. The molecule has 7 nitrogen and oxygen atoms in total. The van der Waals surface area contributed by atoms with Gasteiger partial charge in [0.05, 0.1) is 32.6 Å². The number of hydrogen-bond acceptors (Lipinski definition) is 4. The number of alkyl halides is 3. The summed E-state index contributed by atoms with van der Waals surface area (Å²) in [6.07, 6.45) is 0.752. The van der Waals surface area contributed by atoms with E-state index in [1.807, 2.05) is 0 Å². The largest absolute Gasteiger partial charge is 0.417 e. The third-order valence-corrected chi connectivity index (χ3v) is 9.11. The second-order valence-corrected chi connectivity index (χ2v) is 13.1. The number of carbonyl (C=O) groups excluding carboxylic acids is 2. The van der Waals surface area contributed by atoms with Gasteiger partial charge in [-0.3, -0.25) is 13.9 Å². The lowest BCUT2D eigenvalue weighted by atomic mass is 9.95. The molecule has 0 saturated heterocycles. The van der Waals surface area contributed by atoms with Crippen molar-refractivity contribution >= 4 is 62.3 Å². The van der Waals surface area contributed by atoms with E-state index < -0.39 is 56.9 Å². The summed E-state index contributed by atoms with van der Waals surface area (Å²) in [4.78, 5) is 28.4. The van der Waals surface area contributed by atoms with Crippen molar-refractivity contribution in [2.24, 2.45) is 0 Å². The second kappa shape index (κ2) is 13.8. The fourth-order valence-corrected chi connectivity index (χ4v) is 6.18. The number of amides is 2. The maximum Gasteiger partial charge on any atom is 0.417 e. The van der Waals surface area contributed by atoms with Crippen molar-refractivity contribution in [1.82, 2.24) is 10.2 Å². The Hall–Kier alpha value is -2.21. The number of nitrogens with zero attached hydrogens (tertiary/aromatic N) is 2. The van der Waals surface area contributed by atoms with Gasteiger partial charge in [-0.2, -0.15) is 13.2 Å². The molecule has 2 aromatic carbocycles. The second-order valence-electron chi connectivity index (χ2n) is 9.97. The van der Waals surface area contributed by atoms with Gasteiger partial charge >= 0.3 is 6.18 Å². The first-order valence-electron chi connectivity index (χ1n) is 13.0. The van der Waals surface area contributed by atoms with E-state index in [9.17, 15) is 31.2 Å². The van der Waals surface area contributed by atoms with Crippen LogP contribution in [0.3, 0.4) is 0 Å². The molecule has 0 radical (unpaired) electrons. The molecule has 226 valence electrons. The number of anilines is 1.